The van der Waals surface area contributed by atoms with Crippen LogP contribution in [0.1, 0.15) is 43.9 Å². The molecule has 0 amide bonds. The number of hydrogen-bond donors (Lipinski definition) is 1. The van der Waals surface area contributed by atoms with E-state index >= 15 is 0 Å². The van der Waals surface area contributed by atoms with Crippen LogP contribution in [-0.4, -0.2) is 35.1 Å². The molecule has 2 heterocycles. The molecule has 1 saturated heterocycles. The van der Waals surface area contributed by atoms with Gasteiger partial charge >= 0.3 is 0 Å². The number of aromatic nitrogens is 1. The van der Waals surface area contributed by atoms with Gasteiger partial charge in [-0.15, -0.1) is 0 Å². The Hall–Kier alpha value is -0.930. The molecule has 1 saturated carbocycles. The number of nitrogens with one attached hydrogen (secondary N) is 1. The van der Waals surface area contributed by atoms with Crippen LogP contribution < -0.4 is 5.32 Å². The second kappa shape index (κ2) is 6.23. The second-order valence-electron chi connectivity index (χ2n) is 6.49. The minimum Gasteiger partial charge on any atom is -0.311 e. The first-order valence-electron chi connectivity index (χ1n) is 8.16. The lowest BCUT2D eigenvalue weighted by atomic mass is 10.0. The fraction of sp³-hybridized carbons (Fsp3) is 0.706. The summed E-state index contributed by atoms with van der Waals surface area (Å²) in [7, 11) is 0. The lowest BCUT2D eigenvalue weighted by Gasteiger charge is -2.40. The van der Waals surface area contributed by atoms with Crippen LogP contribution in [0.5, 0.6) is 0 Å². The Morgan fingerprint density at radius 1 is 1.40 bits per heavy atom. The normalized spacial score (nSPS) is 27.7. The fourth-order valence-corrected chi connectivity index (χ4v) is 3.38. The number of rotatable bonds is 5. The molecule has 0 aromatic carbocycles. The molecule has 2 atom stereocenters. The molecule has 2 unspecified atom stereocenters. The van der Waals surface area contributed by atoms with Gasteiger partial charge in [0, 0.05) is 37.9 Å². The molecule has 1 aromatic heterocycles. The van der Waals surface area contributed by atoms with E-state index in [1.807, 2.05) is 12.3 Å². The number of aryl methyl sites for hydroxylation is 1. The summed E-state index contributed by atoms with van der Waals surface area (Å²) in [5, 5.41) is 3.78. The van der Waals surface area contributed by atoms with Gasteiger partial charge in [0.1, 0.15) is 0 Å². The Bertz CT molecular complexity index is 442. The van der Waals surface area contributed by atoms with Crippen LogP contribution in [-0.2, 0) is 6.54 Å². The van der Waals surface area contributed by atoms with Crippen molar-refractivity contribution in [2.75, 3.05) is 13.1 Å². The van der Waals surface area contributed by atoms with Crippen molar-refractivity contribution in [3.63, 3.8) is 0 Å². The third kappa shape index (κ3) is 3.21. The van der Waals surface area contributed by atoms with E-state index in [4.69, 9.17) is 0 Å². The summed E-state index contributed by atoms with van der Waals surface area (Å²) < 4.78 is 0. The molecule has 3 nitrogen and oxygen atoms in total. The van der Waals surface area contributed by atoms with E-state index in [1.54, 1.807) is 0 Å². The van der Waals surface area contributed by atoms with E-state index in [9.17, 15) is 0 Å². The van der Waals surface area contributed by atoms with Crippen molar-refractivity contribution in [2.45, 2.75) is 58.2 Å². The largest absolute Gasteiger partial charge is 0.311 e. The van der Waals surface area contributed by atoms with Crippen LogP contribution in [0.15, 0.2) is 18.3 Å². The summed E-state index contributed by atoms with van der Waals surface area (Å²) in [6.07, 6.45) is 7.32. The quantitative estimate of drug-likeness (QED) is 0.894. The third-order valence-corrected chi connectivity index (χ3v) is 4.85. The molecule has 110 valence electrons. The van der Waals surface area contributed by atoms with Gasteiger partial charge < -0.3 is 5.32 Å². The lowest BCUT2D eigenvalue weighted by Crippen LogP contribution is -2.56. The summed E-state index contributed by atoms with van der Waals surface area (Å²) >= 11 is 0. The van der Waals surface area contributed by atoms with Gasteiger partial charge in [-0.2, -0.15) is 0 Å². The van der Waals surface area contributed by atoms with Gasteiger partial charge in [0.2, 0.25) is 0 Å². The lowest BCUT2D eigenvalue weighted by molar-refractivity contribution is 0.106. The van der Waals surface area contributed by atoms with Crippen LogP contribution in [0.4, 0.5) is 0 Å². The first kappa shape index (κ1) is 14.0. The Labute approximate surface area is 122 Å². The van der Waals surface area contributed by atoms with Crippen LogP contribution in [0.2, 0.25) is 0 Å². The molecule has 0 radical (unpaired) electrons. The van der Waals surface area contributed by atoms with E-state index in [-0.39, 0.29) is 0 Å². The van der Waals surface area contributed by atoms with E-state index in [2.05, 4.69) is 35.1 Å². The van der Waals surface area contributed by atoms with Gasteiger partial charge in [-0.1, -0.05) is 19.4 Å². The molecule has 3 rings (SSSR count). The highest BCUT2D eigenvalue weighted by molar-refractivity contribution is 5.17. The molecule has 1 aliphatic heterocycles. The van der Waals surface area contributed by atoms with Crippen molar-refractivity contribution < 1.29 is 0 Å². The van der Waals surface area contributed by atoms with Gasteiger partial charge in [-0.3, -0.25) is 9.88 Å². The zero-order valence-corrected chi connectivity index (χ0v) is 12.8. The summed E-state index contributed by atoms with van der Waals surface area (Å²) in [5.41, 5.74) is 2.58. The monoisotopic (exact) mass is 273 g/mol. The van der Waals surface area contributed by atoms with Crippen molar-refractivity contribution in [2.24, 2.45) is 5.92 Å². The summed E-state index contributed by atoms with van der Waals surface area (Å²) in [4.78, 5) is 7.27. The smallest absolute Gasteiger partial charge is 0.0573 e. The van der Waals surface area contributed by atoms with Crippen LogP contribution >= 0.6 is 0 Å². The Morgan fingerprint density at radius 3 is 2.95 bits per heavy atom. The summed E-state index contributed by atoms with van der Waals surface area (Å²) in [6.45, 7) is 7.84. The number of nitrogens with zero attached hydrogens (tertiary/aromatic N) is 2. The number of hydrogen-bond acceptors (Lipinski definition) is 3. The molecule has 20 heavy (non-hydrogen) atoms. The third-order valence-electron chi connectivity index (χ3n) is 4.85. The van der Waals surface area contributed by atoms with Gasteiger partial charge in [0.25, 0.3) is 0 Å². The Kier molecular flexibility index (Phi) is 4.37. The molecule has 0 spiro atoms. The summed E-state index contributed by atoms with van der Waals surface area (Å²) in [6, 6.07) is 5.61. The zero-order chi connectivity index (χ0) is 13.9. The zero-order valence-electron chi connectivity index (χ0n) is 12.8. The van der Waals surface area contributed by atoms with Crippen molar-refractivity contribution in [3.05, 3.63) is 29.6 Å². The van der Waals surface area contributed by atoms with E-state index in [0.717, 1.165) is 19.0 Å². The van der Waals surface area contributed by atoms with E-state index in [0.29, 0.717) is 12.1 Å². The van der Waals surface area contributed by atoms with Crippen molar-refractivity contribution in [1.29, 1.82) is 0 Å². The molecule has 2 fully saturated rings. The highest BCUT2D eigenvalue weighted by Crippen LogP contribution is 2.34. The molecule has 3 heteroatoms. The first-order chi connectivity index (χ1) is 9.78. The second-order valence-corrected chi connectivity index (χ2v) is 6.49. The molecular weight excluding hydrogens is 246 g/mol. The van der Waals surface area contributed by atoms with Crippen molar-refractivity contribution >= 4 is 0 Å². The SMILES string of the molecule is CCCC1CNC(C2CC2)CN1Cc1ncccc1C. The molecule has 1 aliphatic carbocycles. The average molecular weight is 273 g/mol. The molecule has 1 aromatic rings. The van der Waals surface area contributed by atoms with Gasteiger partial charge in [0.15, 0.2) is 0 Å². The highest BCUT2D eigenvalue weighted by atomic mass is 15.2. The summed E-state index contributed by atoms with van der Waals surface area (Å²) in [5.74, 6) is 0.935. The maximum atomic E-state index is 4.59. The van der Waals surface area contributed by atoms with Crippen molar-refractivity contribution in [1.82, 2.24) is 15.2 Å². The topological polar surface area (TPSA) is 28.2 Å². The predicted molar refractivity (Wildman–Crippen MR) is 82.6 cm³/mol. The molecule has 1 N–H and O–H groups in total. The Balaban J connectivity index is 1.70. The van der Waals surface area contributed by atoms with Crippen LogP contribution in [0, 0.1) is 12.8 Å². The highest BCUT2D eigenvalue weighted by Gasteiger charge is 2.36. The van der Waals surface area contributed by atoms with Crippen molar-refractivity contribution in [3.8, 4) is 0 Å². The average Bonchev–Trinajstić information content (AvgIpc) is 3.28. The van der Waals surface area contributed by atoms with Crippen LogP contribution in [0.3, 0.4) is 0 Å². The standard InChI is InChI=1S/C17H27N3/c1-3-5-15-10-19-17(14-7-8-14)12-20(15)11-16-13(2)6-4-9-18-16/h4,6,9,14-15,17,19H,3,5,7-8,10-12H2,1-2H3. The van der Waals surface area contributed by atoms with E-state index in [1.165, 1.54) is 43.5 Å². The Morgan fingerprint density at radius 2 is 2.25 bits per heavy atom. The minimum atomic E-state index is 0.677. The minimum absolute atomic E-state index is 0.677. The number of pyridine rings is 1. The van der Waals surface area contributed by atoms with Crippen LogP contribution in [0.25, 0.3) is 0 Å². The molecule has 2 aliphatic rings. The van der Waals surface area contributed by atoms with Gasteiger partial charge in [0.05, 0.1) is 5.69 Å². The molecule has 0 bridgehead atoms. The fourth-order valence-electron chi connectivity index (χ4n) is 3.38. The number of piperazine rings is 1. The molecular formula is C17H27N3. The maximum Gasteiger partial charge on any atom is 0.0573 e. The van der Waals surface area contributed by atoms with Gasteiger partial charge in [-0.05, 0) is 43.7 Å². The van der Waals surface area contributed by atoms with Gasteiger partial charge in [-0.25, -0.2) is 0 Å². The predicted octanol–water partition coefficient (Wildman–Crippen LogP) is 2.74. The maximum absolute atomic E-state index is 4.59. The van der Waals surface area contributed by atoms with E-state index < -0.39 is 0 Å². The first-order valence-corrected chi connectivity index (χ1v) is 8.16.